The van der Waals surface area contributed by atoms with Crippen LogP contribution in [-0.4, -0.2) is 72.2 Å². The van der Waals surface area contributed by atoms with Gasteiger partial charge in [0.2, 0.25) is 11.7 Å². The summed E-state index contributed by atoms with van der Waals surface area (Å²) in [6, 6.07) is 13.9. The Kier molecular flexibility index (Phi) is 6.11. The maximum atomic E-state index is 12.8. The maximum Gasteiger partial charge on any atom is 0.223 e. The number of carbonyl (C=O) groups excluding carboxylic acids is 1. The van der Waals surface area contributed by atoms with Crippen LogP contribution in [0.1, 0.15) is 28.2 Å². The molecule has 2 aromatic carbocycles. The number of carbonyl (C=O) groups is 1. The van der Waals surface area contributed by atoms with Crippen molar-refractivity contribution in [3.8, 4) is 17.1 Å². The van der Waals surface area contributed by atoms with Crippen LogP contribution < -0.4 is 9.64 Å². The SMILES string of the molecule is Cc1nc(-c2cccc(CN3COc4cc(C(=O)CCN5CCN(C)CC5)ccc43)c2)no1. The maximum absolute atomic E-state index is 12.8. The van der Waals surface area contributed by atoms with E-state index in [1.54, 1.807) is 6.92 Å². The van der Waals surface area contributed by atoms with E-state index in [-0.39, 0.29) is 5.78 Å². The molecule has 33 heavy (non-hydrogen) atoms. The number of rotatable bonds is 7. The molecule has 172 valence electrons. The van der Waals surface area contributed by atoms with Crippen molar-refractivity contribution in [1.29, 1.82) is 0 Å². The summed E-state index contributed by atoms with van der Waals surface area (Å²) in [7, 11) is 2.14. The lowest BCUT2D eigenvalue weighted by atomic mass is 10.1. The fourth-order valence-corrected chi connectivity index (χ4v) is 4.33. The number of fused-ring (bicyclic) bond motifs is 1. The Morgan fingerprint density at radius 2 is 1.94 bits per heavy atom. The number of piperazine rings is 1. The number of Topliss-reactive ketones (excluding diaryl/α,β-unsaturated/α-hetero) is 1. The largest absolute Gasteiger partial charge is 0.471 e. The number of ether oxygens (including phenoxy) is 1. The van der Waals surface area contributed by atoms with E-state index in [2.05, 4.69) is 44.0 Å². The standard InChI is InChI=1S/C25H29N5O3/c1-18-26-25(27-33-18)21-5-3-4-19(14-21)16-30-17-32-24-15-20(6-7-22(24)30)23(31)8-9-29-12-10-28(2)11-13-29/h3-7,14-15H,8-13,16-17H2,1-2H3. The van der Waals surface area contributed by atoms with Crippen molar-refractivity contribution in [2.24, 2.45) is 0 Å². The second kappa shape index (κ2) is 9.33. The van der Waals surface area contributed by atoms with Crippen molar-refractivity contribution in [2.75, 3.05) is 51.4 Å². The van der Waals surface area contributed by atoms with Gasteiger partial charge in [0.1, 0.15) is 5.75 Å². The molecular formula is C25H29N5O3. The van der Waals surface area contributed by atoms with Crippen LogP contribution in [0.25, 0.3) is 11.4 Å². The Morgan fingerprint density at radius 1 is 1.09 bits per heavy atom. The molecule has 0 radical (unpaired) electrons. The van der Waals surface area contributed by atoms with Gasteiger partial charge in [-0.15, -0.1) is 0 Å². The Morgan fingerprint density at radius 3 is 2.73 bits per heavy atom. The topological polar surface area (TPSA) is 74.9 Å². The summed E-state index contributed by atoms with van der Waals surface area (Å²) < 4.78 is 11.0. The molecule has 0 amide bonds. The van der Waals surface area contributed by atoms with Crippen LogP contribution in [0.15, 0.2) is 47.0 Å². The fourth-order valence-electron chi connectivity index (χ4n) is 4.33. The van der Waals surface area contributed by atoms with Gasteiger partial charge >= 0.3 is 0 Å². The molecule has 0 N–H and O–H groups in total. The lowest BCUT2D eigenvalue weighted by Crippen LogP contribution is -2.45. The number of hydrogen-bond acceptors (Lipinski definition) is 8. The van der Waals surface area contributed by atoms with Crippen LogP contribution in [0, 0.1) is 6.92 Å². The van der Waals surface area contributed by atoms with Crippen molar-refractivity contribution in [3.63, 3.8) is 0 Å². The highest BCUT2D eigenvalue weighted by molar-refractivity contribution is 5.97. The highest BCUT2D eigenvalue weighted by Gasteiger charge is 2.23. The Hall–Kier alpha value is -3.23. The number of nitrogens with zero attached hydrogens (tertiary/aromatic N) is 5. The van der Waals surface area contributed by atoms with E-state index in [9.17, 15) is 4.79 Å². The number of aryl methyl sites for hydroxylation is 1. The average Bonchev–Trinajstić information content (AvgIpc) is 3.44. The van der Waals surface area contributed by atoms with Gasteiger partial charge in [0, 0.05) is 63.7 Å². The van der Waals surface area contributed by atoms with Crippen LogP contribution in [0.2, 0.25) is 0 Å². The number of ketones is 1. The molecule has 0 aliphatic carbocycles. The Labute approximate surface area is 193 Å². The smallest absolute Gasteiger partial charge is 0.223 e. The molecule has 0 unspecified atom stereocenters. The van der Waals surface area contributed by atoms with Crippen molar-refractivity contribution in [1.82, 2.24) is 19.9 Å². The third-order valence-corrected chi connectivity index (χ3v) is 6.34. The van der Waals surface area contributed by atoms with Gasteiger partial charge < -0.3 is 24.0 Å². The predicted octanol–water partition coefficient (Wildman–Crippen LogP) is 3.22. The van der Waals surface area contributed by atoms with E-state index in [0.717, 1.165) is 60.9 Å². The van der Waals surface area contributed by atoms with Crippen molar-refractivity contribution in [2.45, 2.75) is 19.9 Å². The summed E-state index contributed by atoms with van der Waals surface area (Å²) in [5.41, 5.74) is 3.77. The van der Waals surface area contributed by atoms with Crippen LogP contribution >= 0.6 is 0 Å². The zero-order chi connectivity index (χ0) is 22.8. The number of benzene rings is 2. The summed E-state index contributed by atoms with van der Waals surface area (Å²) in [5, 5.41) is 4.01. The fraction of sp³-hybridized carbons (Fsp3) is 0.400. The molecule has 8 nitrogen and oxygen atoms in total. The molecule has 0 atom stereocenters. The van der Waals surface area contributed by atoms with Gasteiger partial charge in [-0.1, -0.05) is 23.4 Å². The third-order valence-electron chi connectivity index (χ3n) is 6.34. The zero-order valence-corrected chi connectivity index (χ0v) is 19.2. The summed E-state index contributed by atoms with van der Waals surface area (Å²) in [6.07, 6.45) is 0.536. The number of hydrogen-bond donors (Lipinski definition) is 0. The summed E-state index contributed by atoms with van der Waals surface area (Å²) in [4.78, 5) is 23.9. The van der Waals surface area contributed by atoms with E-state index < -0.39 is 0 Å². The average molecular weight is 448 g/mol. The second-order valence-electron chi connectivity index (χ2n) is 8.81. The lowest BCUT2D eigenvalue weighted by molar-refractivity contribution is 0.0941. The summed E-state index contributed by atoms with van der Waals surface area (Å²) in [6.45, 7) is 7.92. The first-order chi connectivity index (χ1) is 16.0. The molecule has 0 spiro atoms. The number of aromatic nitrogens is 2. The number of anilines is 1. The quantitative estimate of drug-likeness (QED) is 0.511. The lowest BCUT2D eigenvalue weighted by Gasteiger charge is -2.32. The Bertz CT molecular complexity index is 1140. The highest BCUT2D eigenvalue weighted by atomic mass is 16.5. The molecule has 8 heteroatoms. The van der Waals surface area contributed by atoms with Gasteiger partial charge in [0.15, 0.2) is 12.5 Å². The first-order valence-electron chi connectivity index (χ1n) is 11.4. The molecule has 1 fully saturated rings. The summed E-state index contributed by atoms with van der Waals surface area (Å²) in [5.74, 6) is 2.07. The summed E-state index contributed by atoms with van der Waals surface area (Å²) >= 11 is 0. The minimum Gasteiger partial charge on any atom is -0.471 e. The van der Waals surface area contributed by atoms with E-state index in [0.29, 0.717) is 31.4 Å². The minimum atomic E-state index is 0.168. The molecule has 3 aromatic rings. The molecule has 0 saturated carbocycles. The van der Waals surface area contributed by atoms with Gasteiger partial charge in [0.05, 0.1) is 5.69 Å². The van der Waals surface area contributed by atoms with Crippen molar-refractivity contribution < 1.29 is 14.1 Å². The minimum absolute atomic E-state index is 0.168. The molecule has 1 aromatic heterocycles. The number of likely N-dealkylation sites (N-methyl/N-ethyl adjacent to an activating group) is 1. The van der Waals surface area contributed by atoms with E-state index in [1.165, 1.54) is 0 Å². The van der Waals surface area contributed by atoms with Crippen LogP contribution in [-0.2, 0) is 6.54 Å². The van der Waals surface area contributed by atoms with Gasteiger partial charge in [-0.25, -0.2) is 0 Å². The molecule has 0 bridgehead atoms. The van der Waals surface area contributed by atoms with Crippen LogP contribution in [0.4, 0.5) is 5.69 Å². The van der Waals surface area contributed by atoms with Crippen LogP contribution in [0.5, 0.6) is 5.75 Å². The molecule has 5 rings (SSSR count). The Balaban J connectivity index is 1.22. The normalized spacial score (nSPS) is 16.6. The second-order valence-corrected chi connectivity index (χ2v) is 8.81. The van der Waals surface area contributed by atoms with Gasteiger partial charge in [0.25, 0.3) is 0 Å². The molecule has 3 heterocycles. The highest BCUT2D eigenvalue weighted by Crippen LogP contribution is 2.36. The first kappa shape index (κ1) is 21.6. The van der Waals surface area contributed by atoms with E-state index in [1.807, 2.05) is 30.3 Å². The van der Waals surface area contributed by atoms with Crippen LogP contribution in [0.3, 0.4) is 0 Å². The zero-order valence-electron chi connectivity index (χ0n) is 19.2. The molecular weight excluding hydrogens is 418 g/mol. The molecule has 2 aliphatic rings. The van der Waals surface area contributed by atoms with E-state index >= 15 is 0 Å². The van der Waals surface area contributed by atoms with Gasteiger partial charge in [-0.05, 0) is 36.9 Å². The van der Waals surface area contributed by atoms with E-state index in [4.69, 9.17) is 9.26 Å². The monoisotopic (exact) mass is 447 g/mol. The van der Waals surface area contributed by atoms with Crippen molar-refractivity contribution >= 4 is 11.5 Å². The van der Waals surface area contributed by atoms with Gasteiger partial charge in [-0.3, -0.25) is 4.79 Å². The third kappa shape index (κ3) is 4.91. The first-order valence-corrected chi connectivity index (χ1v) is 11.4. The van der Waals surface area contributed by atoms with Crippen molar-refractivity contribution in [3.05, 3.63) is 59.5 Å². The molecule has 1 saturated heterocycles. The predicted molar refractivity (Wildman–Crippen MR) is 125 cm³/mol. The molecule has 2 aliphatic heterocycles. The van der Waals surface area contributed by atoms with Gasteiger partial charge in [-0.2, -0.15) is 4.98 Å².